The summed E-state index contributed by atoms with van der Waals surface area (Å²) in [6, 6.07) is 14.8. The number of urea groups is 1. The molecule has 0 aromatic heterocycles. The highest BCUT2D eigenvalue weighted by molar-refractivity contribution is 7.98. The van der Waals surface area contributed by atoms with Gasteiger partial charge in [0.25, 0.3) is 11.8 Å². The van der Waals surface area contributed by atoms with Crippen LogP contribution in [0, 0.1) is 0 Å². The lowest BCUT2D eigenvalue weighted by Crippen LogP contribution is -3.11. The van der Waals surface area contributed by atoms with Gasteiger partial charge in [-0.25, -0.2) is 4.79 Å². The van der Waals surface area contributed by atoms with Crippen LogP contribution in [0.5, 0.6) is 0 Å². The number of primary amides is 1. The van der Waals surface area contributed by atoms with Crippen LogP contribution in [0.15, 0.2) is 59.5 Å². The molecule has 4 amide bonds. The second-order valence-electron chi connectivity index (χ2n) is 5.97. The fourth-order valence-corrected chi connectivity index (χ4v) is 3.35. The first kappa shape index (κ1) is 20.5. The molecule has 2 aromatic carbocycles. The summed E-state index contributed by atoms with van der Waals surface area (Å²) in [6.07, 6.45) is 1.93. The Labute approximate surface area is 162 Å². The Morgan fingerprint density at radius 2 is 1.70 bits per heavy atom. The molecule has 0 radical (unpaired) electrons. The fraction of sp³-hybridized carbons (Fsp3) is 0.211. The number of nitrogens with two attached hydrogens (primary N) is 1. The minimum atomic E-state index is -0.924. The van der Waals surface area contributed by atoms with E-state index >= 15 is 0 Å². The molecule has 5 N–H and O–H groups in total. The number of likely N-dealkylation sites (N-methyl/N-ethyl adjacent to an activating group) is 1. The lowest BCUT2D eigenvalue weighted by atomic mass is 10.0. The number of carbonyl (C=O) groups excluding carboxylic acids is 3. The van der Waals surface area contributed by atoms with E-state index in [1.54, 1.807) is 31.3 Å². The van der Waals surface area contributed by atoms with E-state index in [4.69, 9.17) is 5.73 Å². The Balaban J connectivity index is 2.15. The molecule has 142 valence electrons. The molecule has 2 atom stereocenters. The third-order valence-electron chi connectivity index (χ3n) is 3.95. The van der Waals surface area contributed by atoms with Gasteiger partial charge in [-0.05, 0) is 18.4 Å². The zero-order valence-corrected chi connectivity index (χ0v) is 16.0. The molecule has 0 aliphatic carbocycles. The van der Waals surface area contributed by atoms with E-state index in [2.05, 4.69) is 10.6 Å². The van der Waals surface area contributed by atoms with Gasteiger partial charge in [-0.15, -0.1) is 11.8 Å². The number of para-hydroxylation sites is 1. The van der Waals surface area contributed by atoms with Gasteiger partial charge < -0.3 is 16.0 Å². The first-order valence-electron chi connectivity index (χ1n) is 8.32. The first-order valence-corrected chi connectivity index (χ1v) is 9.55. The van der Waals surface area contributed by atoms with Gasteiger partial charge in [0.15, 0.2) is 12.6 Å². The third kappa shape index (κ3) is 5.83. The number of hydrogen-bond acceptors (Lipinski definition) is 4. The Morgan fingerprint density at radius 1 is 1.07 bits per heavy atom. The van der Waals surface area contributed by atoms with Crippen LogP contribution in [0.4, 0.5) is 10.5 Å². The molecular formula is C19H23N4O3S+. The van der Waals surface area contributed by atoms with Crippen molar-refractivity contribution in [2.24, 2.45) is 5.73 Å². The van der Waals surface area contributed by atoms with Crippen molar-refractivity contribution >= 4 is 35.3 Å². The van der Waals surface area contributed by atoms with Crippen molar-refractivity contribution in [1.29, 1.82) is 0 Å². The summed E-state index contributed by atoms with van der Waals surface area (Å²) < 4.78 is 0. The van der Waals surface area contributed by atoms with E-state index in [9.17, 15) is 14.4 Å². The Hall–Kier alpha value is -2.84. The van der Waals surface area contributed by atoms with E-state index in [0.29, 0.717) is 10.5 Å². The Bertz CT molecular complexity index is 814. The van der Waals surface area contributed by atoms with E-state index in [1.807, 2.05) is 36.6 Å². The minimum Gasteiger partial charge on any atom is -0.351 e. The predicted molar refractivity (Wildman–Crippen MR) is 106 cm³/mol. The lowest BCUT2D eigenvalue weighted by molar-refractivity contribution is -0.894. The molecule has 2 aromatic rings. The smallest absolute Gasteiger partial charge is 0.319 e. The number of rotatable bonds is 7. The quantitative estimate of drug-likeness (QED) is 0.527. The second kappa shape index (κ2) is 9.75. The molecule has 0 saturated heterocycles. The van der Waals surface area contributed by atoms with Crippen LogP contribution in [0.2, 0.25) is 0 Å². The van der Waals surface area contributed by atoms with Gasteiger partial charge in [-0.1, -0.05) is 42.5 Å². The van der Waals surface area contributed by atoms with Gasteiger partial charge >= 0.3 is 6.03 Å². The second-order valence-corrected chi connectivity index (χ2v) is 6.82. The van der Waals surface area contributed by atoms with E-state index in [0.717, 1.165) is 10.6 Å². The number of carbonyl (C=O) groups is 3. The van der Waals surface area contributed by atoms with Crippen molar-refractivity contribution < 1.29 is 19.3 Å². The highest BCUT2D eigenvalue weighted by Crippen LogP contribution is 2.24. The monoisotopic (exact) mass is 387 g/mol. The Morgan fingerprint density at radius 3 is 2.33 bits per heavy atom. The predicted octanol–water partition coefficient (Wildman–Crippen LogP) is 0.798. The molecule has 0 spiro atoms. The number of imide groups is 1. The van der Waals surface area contributed by atoms with Crippen molar-refractivity contribution in [2.75, 3.05) is 25.2 Å². The molecule has 7 nitrogen and oxygen atoms in total. The van der Waals surface area contributed by atoms with E-state index in [-0.39, 0.29) is 12.5 Å². The normalized spacial score (nSPS) is 12.7. The molecule has 0 aliphatic rings. The van der Waals surface area contributed by atoms with Gasteiger partial charge in [0.2, 0.25) is 0 Å². The molecular weight excluding hydrogens is 364 g/mol. The van der Waals surface area contributed by atoms with Crippen molar-refractivity contribution in [3.63, 3.8) is 0 Å². The molecule has 0 saturated carbocycles. The Kier molecular flexibility index (Phi) is 7.39. The fourth-order valence-electron chi connectivity index (χ4n) is 2.80. The van der Waals surface area contributed by atoms with Crippen LogP contribution in [0.1, 0.15) is 11.6 Å². The number of thioether (sulfide) groups is 1. The van der Waals surface area contributed by atoms with Crippen LogP contribution < -0.4 is 21.3 Å². The molecule has 2 rings (SSSR count). The van der Waals surface area contributed by atoms with Gasteiger partial charge in [0, 0.05) is 10.5 Å². The van der Waals surface area contributed by atoms with Crippen LogP contribution in [-0.2, 0) is 9.59 Å². The van der Waals surface area contributed by atoms with Crippen LogP contribution in [0.25, 0.3) is 0 Å². The number of anilines is 1. The van der Waals surface area contributed by atoms with Gasteiger partial charge in [0.05, 0.1) is 12.7 Å². The van der Waals surface area contributed by atoms with Crippen LogP contribution in [-0.4, -0.2) is 37.7 Å². The summed E-state index contributed by atoms with van der Waals surface area (Å²) in [6.45, 7) is 0.0362. The third-order valence-corrected chi connectivity index (χ3v) is 4.75. The average Bonchev–Trinajstić information content (AvgIpc) is 2.62. The van der Waals surface area contributed by atoms with Crippen LogP contribution in [0.3, 0.4) is 0 Å². The SMILES string of the molecule is CSc1ccccc1NC(=O)C[NH+](C)[C@@H](C(=O)NC(N)=O)c1ccccc1. The summed E-state index contributed by atoms with van der Waals surface area (Å²) in [7, 11) is 1.72. The number of nitrogens with one attached hydrogen (secondary N) is 3. The average molecular weight is 387 g/mol. The molecule has 27 heavy (non-hydrogen) atoms. The largest absolute Gasteiger partial charge is 0.351 e. The molecule has 0 fully saturated rings. The van der Waals surface area contributed by atoms with E-state index < -0.39 is 18.0 Å². The van der Waals surface area contributed by atoms with Gasteiger partial charge in [0.1, 0.15) is 0 Å². The number of hydrogen-bond donors (Lipinski definition) is 4. The summed E-state index contributed by atoms with van der Waals surface area (Å²) in [5.74, 6) is -0.787. The maximum absolute atomic E-state index is 12.5. The van der Waals surface area contributed by atoms with Crippen molar-refractivity contribution in [1.82, 2.24) is 5.32 Å². The van der Waals surface area contributed by atoms with Gasteiger partial charge in [-0.3, -0.25) is 14.9 Å². The maximum atomic E-state index is 12.5. The molecule has 0 heterocycles. The van der Waals surface area contributed by atoms with Crippen molar-refractivity contribution in [3.8, 4) is 0 Å². The highest BCUT2D eigenvalue weighted by Gasteiger charge is 2.31. The molecule has 8 heteroatoms. The van der Waals surface area contributed by atoms with Crippen LogP contribution >= 0.6 is 11.8 Å². The first-order chi connectivity index (χ1) is 12.9. The lowest BCUT2D eigenvalue weighted by Gasteiger charge is -2.23. The number of quaternary nitrogens is 1. The van der Waals surface area contributed by atoms with Crippen molar-refractivity contribution in [2.45, 2.75) is 10.9 Å². The summed E-state index contributed by atoms with van der Waals surface area (Å²) >= 11 is 1.53. The van der Waals surface area contributed by atoms with Gasteiger partial charge in [-0.2, -0.15) is 0 Å². The zero-order chi connectivity index (χ0) is 19.8. The number of amides is 4. The van der Waals surface area contributed by atoms with E-state index in [1.165, 1.54) is 11.8 Å². The summed E-state index contributed by atoms with van der Waals surface area (Å²) in [5.41, 5.74) is 6.49. The highest BCUT2D eigenvalue weighted by atomic mass is 32.2. The summed E-state index contributed by atoms with van der Waals surface area (Å²) in [5, 5.41) is 4.98. The standard InChI is InChI=1S/C19H22N4O3S/c1-23(12-16(24)21-14-10-6-7-11-15(14)27-2)17(18(25)22-19(20)26)13-8-4-3-5-9-13/h3-11,17H,12H2,1-2H3,(H,21,24)(H3,20,22,25,26)/p+1/t17-/m1/s1. The molecule has 0 aliphatic heterocycles. The topological polar surface area (TPSA) is 106 Å². The zero-order valence-electron chi connectivity index (χ0n) is 15.2. The minimum absolute atomic E-state index is 0.0362. The van der Waals surface area contributed by atoms with Crippen molar-refractivity contribution in [3.05, 3.63) is 60.2 Å². The molecule has 0 bridgehead atoms. The summed E-state index contributed by atoms with van der Waals surface area (Å²) in [4.78, 5) is 37.6. The number of benzene rings is 2. The maximum Gasteiger partial charge on any atom is 0.319 e. The molecule has 1 unspecified atom stereocenters.